The number of esters is 1. The number of ether oxygens (including phenoxy) is 3. The van der Waals surface area contributed by atoms with Crippen LogP contribution in [0, 0.1) is 0 Å². The van der Waals surface area contributed by atoms with E-state index in [-0.39, 0.29) is 12.2 Å². The quantitative estimate of drug-likeness (QED) is 0.140. The maximum Gasteiger partial charge on any atom is 0.338 e. The first kappa shape index (κ1) is 30.4. The molecule has 0 fully saturated rings. The Balaban J connectivity index is 1.36. The molecule has 0 spiro atoms. The average molecular weight is 637 g/mol. The molecule has 1 aromatic heterocycles. The van der Waals surface area contributed by atoms with Gasteiger partial charge in [0.25, 0.3) is 5.56 Å². The number of thioether (sulfide) groups is 1. The van der Waals surface area contributed by atoms with Gasteiger partial charge in [0.15, 0.2) is 16.3 Å². The molecule has 4 aromatic carbocycles. The minimum Gasteiger partial charge on any atom is -0.493 e. The lowest BCUT2D eigenvalue weighted by atomic mass is 9.96. The van der Waals surface area contributed by atoms with Gasteiger partial charge in [0.2, 0.25) is 0 Å². The molecule has 1 atom stereocenters. The lowest BCUT2D eigenvalue weighted by molar-refractivity contribution is -0.139. The molecule has 1 aliphatic rings. The Kier molecular flexibility index (Phi) is 8.91. The van der Waals surface area contributed by atoms with E-state index in [1.54, 1.807) is 37.3 Å². The summed E-state index contributed by atoms with van der Waals surface area (Å²) >= 11 is 2.91. The molecular weight excluding hydrogens is 605 g/mol. The van der Waals surface area contributed by atoms with E-state index in [4.69, 9.17) is 14.2 Å². The van der Waals surface area contributed by atoms with Gasteiger partial charge < -0.3 is 14.2 Å². The molecule has 0 saturated carbocycles. The highest BCUT2D eigenvalue weighted by atomic mass is 32.2. The van der Waals surface area contributed by atoms with Gasteiger partial charge in [-0.15, -0.1) is 11.8 Å². The van der Waals surface area contributed by atoms with Crippen LogP contribution in [-0.2, 0) is 16.1 Å². The number of fused-ring (bicyclic) bond motifs is 2. The zero-order chi connectivity index (χ0) is 31.5. The summed E-state index contributed by atoms with van der Waals surface area (Å²) in [7, 11) is 1.60. The molecule has 9 heteroatoms. The first-order chi connectivity index (χ1) is 21.9. The number of benzene rings is 4. The van der Waals surface area contributed by atoms with Gasteiger partial charge in [0.1, 0.15) is 6.61 Å². The standard InChI is InChI=1S/C36H32N2O5S2/c1-5-42-35(40)32-22(2)37-36-38(33(32)25-14-16-27(44-4)17-15-25)34(39)31(45-36)20-23-13-18-29(30(19-23)41-3)43-21-26-11-8-10-24-9-6-7-12-28(24)26/h6-20,33H,5,21H2,1-4H3/b31-20-/t33-/m1/s1. The number of hydrogen-bond donors (Lipinski definition) is 0. The highest BCUT2D eigenvalue weighted by Gasteiger charge is 2.33. The minimum absolute atomic E-state index is 0.224. The Morgan fingerprint density at radius 1 is 1.02 bits per heavy atom. The monoisotopic (exact) mass is 636 g/mol. The van der Waals surface area contributed by atoms with Crippen molar-refractivity contribution < 1.29 is 19.0 Å². The lowest BCUT2D eigenvalue weighted by Crippen LogP contribution is -2.39. The fourth-order valence-electron chi connectivity index (χ4n) is 5.51. The van der Waals surface area contributed by atoms with Crippen LogP contribution in [-0.4, -0.2) is 30.5 Å². The number of hydrogen-bond acceptors (Lipinski definition) is 8. The largest absolute Gasteiger partial charge is 0.493 e. The normalized spacial score (nSPS) is 14.7. The second kappa shape index (κ2) is 13.2. The Hall–Kier alpha value is -4.60. The van der Waals surface area contributed by atoms with E-state index in [1.165, 1.54) is 11.3 Å². The first-order valence-corrected chi connectivity index (χ1v) is 16.6. The molecule has 0 radical (unpaired) electrons. The second-order valence-electron chi connectivity index (χ2n) is 10.4. The summed E-state index contributed by atoms with van der Waals surface area (Å²) in [5.41, 5.74) is 3.33. The van der Waals surface area contributed by atoms with E-state index in [9.17, 15) is 9.59 Å². The van der Waals surface area contributed by atoms with Crippen LogP contribution in [0.3, 0.4) is 0 Å². The Bertz CT molecular complexity index is 2110. The van der Waals surface area contributed by atoms with Crippen molar-refractivity contribution in [3.63, 3.8) is 0 Å². The van der Waals surface area contributed by atoms with E-state index in [0.717, 1.165) is 32.4 Å². The minimum atomic E-state index is -0.655. The van der Waals surface area contributed by atoms with E-state index >= 15 is 0 Å². The summed E-state index contributed by atoms with van der Waals surface area (Å²) in [6.07, 6.45) is 3.82. The average Bonchev–Trinajstić information content (AvgIpc) is 3.36. The van der Waals surface area contributed by atoms with Gasteiger partial charge in [0.05, 0.1) is 35.6 Å². The number of carbonyl (C=O) groups is 1. The van der Waals surface area contributed by atoms with Crippen molar-refractivity contribution in [3.05, 3.63) is 133 Å². The molecule has 0 aliphatic carbocycles. The molecule has 0 N–H and O–H groups in total. The number of thiazole rings is 1. The summed E-state index contributed by atoms with van der Waals surface area (Å²) in [5, 5.41) is 2.30. The number of carbonyl (C=O) groups excluding carboxylic acids is 1. The zero-order valence-electron chi connectivity index (χ0n) is 25.4. The number of nitrogens with zero attached hydrogens (tertiary/aromatic N) is 2. The van der Waals surface area contributed by atoms with E-state index in [1.807, 2.05) is 73.0 Å². The second-order valence-corrected chi connectivity index (χ2v) is 12.3. The number of aromatic nitrogens is 1. The summed E-state index contributed by atoms with van der Waals surface area (Å²) in [5.74, 6) is 0.687. The number of methoxy groups -OCH3 is 1. The van der Waals surface area contributed by atoms with Crippen molar-refractivity contribution in [1.29, 1.82) is 0 Å². The molecule has 6 rings (SSSR count). The fraction of sp³-hybridized carbons (Fsp3) is 0.194. The Morgan fingerprint density at radius 2 is 1.80 bits per heavy atom. The zero-order valence-corrected chi connectivity index (χ0v) is 27.0. The van der Waals surface area contributed by atoms with E-state index in [2.05, 4.69) is 29.3 Å². The van der Waals surface area contributed by atoms with Crippen LogP contribution in [0.2, 0.25) is 0 Å². The maximum absolute atomic E-state index is 14.0. The van der Waals surface area contributed by atoms with Gasteiger partial charge in [-0.2, -0.15) is 0 Å². The van der Waals surface area contributed by atoms with Crippen molar-refractivity contribution in [3.8, 4) is 11.5 Å². The third-order valence-electron chi connectivity index (χ3n) is 7.70. The number of rotatable bonds is 9. The molecule has 1 aliphatic heterocycles. The van der Waals surface area contributed by atoms with Gasteiger partial charge in [0, 0.05) is 4.90 Å². The van der Waals surface area contributed by atoms with E-state index < -0.39 is 12.0 Å². The highest BCUT2D eigenvalue weighted by molar-refractivity contribution is 7.98. The van der Waals surface area contributed by atoms with Gasteiger partial charge in [-0.05, 0) is 77.9 Å². The van der Waals surface area contributed by atoms with Crippen LogP contribution in [0.25, 0.3) is 16.8 Å². The smallest absolute Gasteiger partial charge is 0.338 e. The Labute approximate surface area is 269 Å². The molecule has 0 amide bonds. The molecule has 5 aromatic rings. The van der Waals surface area contributed by atoms with Crippen LogP contribution in [0.15, 0.2) is 111 Å². The summed E-state index contributed by atoms with van der Waals surface area (Å²) in [6, 6.07) is 27.2. The van der Waals surface area contributed by atoms with Crippen molar-refractivity contribution >= 4 is 45.9 Å². The molecule has 45 heavy (non-hydrogen) atoms. The van der Waals surface area contributed by atoms with Crippen molar-refractivity contribution in [2.75, 3.05) is 20.0 Å². The topological polar surface area (TPSA) is 79.1 Å². The molecule has 7 nitrogen and oxygen atoms in total. The van der Waals surface area contributed by atoms with Crippen LogP contribution in [0.4, 0.5) is 0 Å². The van der Waals surface area contributed by atoms with Gasteiger partial charge in [-0.3, -0.25) is 9.36 Å². The highest BCUT2D eigenvalue weighted by Crippen LogP contribution is 2.32. The SMILES string of the molecule is CCOC(=O)C1=C(C)N=c2s/c(=C\c3ccc(OCc4cccc5ccccc45)c(OC)c3)c(=O)n2[C@@H]1c1ccc(SC)cc1. The predicted molar refractivity (Wildman–Crippen MR) is 180 cm³/mol. The predicted octanol–water partition coefficient (Wildman–Crippen LogP) is 6.26. The molecule has 0 bridgehead atoms. The van der Waals surface area contributed by atoms with Gasteiger partial charge >= 0.3 is 5.97 Å². The van der Waals surface area contributed by atoms with Gasteiger partial charge in [-0.1, -0.05) is 72.0 Å². The molecule has 0 unspecified atom stereocenters. The fourth-order valence-corrected chi connectivity index (χ4v) is 6.97. The molecular formula is C36H32N2O5S2. The third kappa shape index (κ3) is 6.06. The van der Waals surface area contributed by atoms with Crippen molar-refractivity contribution in [1.82, 2.24) is 4.57 Å². The molecule has 2 heterocycles. The van der Waals surface area contributed by atoms with Crippen LogP contribution in [0.5, 0.6) is 11.5 Å². The van der Waals surface area contributed by atoms with Crippen molar-refractivity contribution in [2.24, 2.45) is 4.99 Å². The summed E-state index contributed by atoms with van der Waals surface area (Å²) in [6.45, 7) is 4.16. The van der Waals surface area contributed by atoms with Crippen LogP contribution in [0.1, 0.15) is 36.6 Å². The molecule has 0 saturated heterocycles. The lowest BCUT2D eigenvalue weighted by Gasteiger charge is -2.24. The molecule has 228 valence electrons. The van der Waals surface area contributed by atoms with Crippen LogP contribution >= 0.6 is 23.1 Å². The van der Waals surface area contributed by atoms with Crippen LogP contribution < -0.4 is 24.4 Å². The Morgan fingerprint density at radius 3 is 2.56 bits per heavy atom. The summed E-state index contributed by atoms with van der Waals surface area (Å²) < 4.78 is 19.4. The maximum atomic E-state index is 14.0. The third-order valence-corrected chi connectivity index (χ3v) is 9.42. The van der Waals surface area contributed by atoms with Gasteiger partial charge in [-0.25, -0.2) is 9.79 Å². The summed E-state index contributed by atoms with van der Waals surface area (Å²) in [4.78, 5) is 33.4. The van der Waals surface area contributed by atoms with Crippen molar-refractivity contribution in [2.45, 2.75) is 31.4 Å². The number of allylic oxidation sites excluding steroid dienone is 1. The van der Waals surface area contributed by atoms with E-state index in [0.29, 0.717) is 38.7 Å². The first-order valence-electron chi connectivity index (χ1n) is 14.5.